The van der Waals surface area contributed by atoms with E-state index in [0.29, 0.717) is 5.75 Å². The molecule has 112 valence electrons. The van der Waals surface area contributed by atoms with Gasteiger partial charge in [-0.3, -0.25) is 4.79 Å². The molecular weight excluding hydrogens is 348 g/mol. The Labute approximate surface area is 135 Å². The SMILES string of the molecule is CS(C)(Br)CC(=O)OC(c1ccccc1)c1ccccc1. The van der Waals surface area contributed by atoms with Crippen LogP contribution in [0.3, 0.4) is 0 Å². The Balaban J connectivity index is 2.24. The lowest BCUT2D eigenvalue weighted by atomic mass is 10.0. The minimum absolute atomic E-state index is 0.176. The van der Waals surface area contributed by atoms with Crippen molar-refractivity contribution in [1.29, 1.82) is 0 Å². The molecule has 0 aromatic heterocycles. The highest BCUT2D eigenvalue weighted by molar-refractivity contribution is 9.58. The number of carbonyl (C=O) groups excluding carboxylic acids is 1. The summed E-state index contributed by atoms with van der Waals surface area (Å²) >= 11 is 3.56. The maximum Gasteiger partial charge on any atom is 0.316 e. The zero-order valence-corrected chi connectivity index (χ0v) is 14.6. The number of hydrogen-bond acceptors (Lipinski definition) is 2. The first kappa shape index (κ1) is 16.1. The first-order valence-corrected chi connectivity index (χ1v) is 11.1. The number of rotatable bonds is 5. The fourth-order valence-corrected chi connectivity index (χ4v) is 3.22. The van der Waals surface area contributed by atoms with Crippen LogP contribution in [0.25, 0.3) is 0 Å². The van der Waals surface area contributed by atoms with Crippen LogP contribution < -0.4 is 0 Å². The standard InChI is InChI=1S/C17H19BrO2S/c1-21(2,18)13-16(19)20-17(14-9-5-3-6-10-14)15-11-7-4-8-12-15/h3-12,17H,13H2,1-2H3. The van der Waals surface area contributed by atoms with Crippen molar-refractivity contribution < 1.29 is 9.53 Å². The van der Waals surface area contributed by atoms with Gasteiger partial charge in [0.25, 0.3) is 0 Å². The quantitative estimate of drug-likeness (QED) is 0.717. The molecule has 2 aromatic carbocycles. The van der Waals surface area contributed by atoms with Crippen molar-refractivity contribution in [2.75, 3.05) is 18.3 Å². The van der Waals surface area contributed by atoms with Gasteiger partial charge in [0.05, 0.1) is 5.75 Å². The minimum atomic E-state index is -1.10. The summed E-state index contributed by atoms with van der Waals surface area (Å²) in [5.41, 5.74) is 1.97. The Hall–Kier alpha value is -1.26. The Morgan fingerprint density at radius 3 is 1.81 bits per heavy atom. The van der Waals surface area contributed by atoms with Gasteiger partial charge in [-0.1, -0.05) is 60.7 Å². The van der Waals surface area contributed by atoms with Crippen LogP contribution in [0.2, 0.25) is 0 Å². The molecule has 0 aliphatic rings. The number of carbonyl (C=O) groups is 1. The van der Waals surface area contributed by atoms with Crippen LogP contribution in [0, 0.1) is 0 Å². The van der Waals surface area contributed by atoms with E-state index in [9.17, 15) is 4.79 Å². The molecule has 0 fully saturated rings. The van der Waals surface area contributed by atoms with E-state index in [-0.39, 0.29) is 12.1 Å². The lowest BCUT2D eigenvalue weighted by molar-refractivity contribution is -0.144. The highest BCUT2D eigenvalue weighted by Gasteiger charge is 2.21. The van der Waals surface area contributed by atoms with Gasteiger partial charge in [0.15, 0.2) is 6.10 Å². The molecule has 0 amide bonds. The first-order valence-electron chi connectivity index (χ1n) is 6.66. The van der Waals surface area contributed by atoms with Gasteiger partial charge >= 0.3 is 5.97 Å². The van der Waals surface area contributed by atoms with Gasteiger partial charge in [-0.2, -0.15) is 8.46 Å². The van der Waals surface area contributed by atoms with Gasteiger partial charge in [0, 0.05) is 0 Å². The maximum absolute atomic E-state index is 12.2. The van der Waals surface area contributed by atoms with Crippen molar-refractivity contribution in [2.24, 2.45) is 0 Å². The Morgan fingerprint density at radius 1 is 1.00 bits per heavy atom. The molecular formula is C17H19BrO2S. The summed E-state index contributed by atoms with van der Waals surface area (Å²) in [7, 11) is -1.10. The molecule has 21 heavy (non-hydrogen) atoms. The average molecular weight is 367 g/mol. The normalized spacial score (nSPS) is 12.2. The van der Waals surface area contributed by atoms with E-state index >= 15 is 0 Å². The van der Waals surface area contributed by atoms with Gasteiger partial charge in [-0.15, -0.1) is 0 Å². The lowest BCUT2D eigenvalue weighted by Crippen LogP contribution is -2.17. The summed E-state index contributed by atoms with van der Waals surface area (Å²) in [4.78, 5) is 12.2. The van der Waals surface area contributed by atoms with E-state index in [4.69, 9.17) is 4.74 Å². The van der Waals surface area contributed by atoms with E-state index in [2.05, 4.69) is 14.8 Å². The number of ether oxygens (including phenoxy) is 1. The lowest BCUT2D eigenvalue weighted by Gasteiger charge is -2.24. The second-order valence-electron chi connectivity index (χ2n) is 5.24. The number of hydrogen-bond donors (Lipinski definition) is 0. The fourth-order valence-electron chi connectivity index (χ4n) is 2.03. The van der Waals surface area contributed by atoms with Crippen molar-refractivity contribution >= 4 is 29.2 Å². The number of benzene rings is 2. The molecule has 0 spiro atoms. The molecule has 0 N–H and O–H groups in total. The minimum Gasteiger partial charge on any atom is -0.452 e. The number of esters is 1. The summed E-state index contributed by atoms with van der Waals surface area (Å²) in [6.45, 7) is 0. The Kier molecular flexibility index (Phi) is 5.48. The maximum atomic E-state index is 12.2. The summed E-state index contributed by atoms with van der Waals surface area (Å²) in [6, 6.07) is 19.7. The summed E-state index contributed by atoms with van der Waals surface area (Å²) in [5, 5.41) is 0. The van der Waals surface area contributed by atoms with Gasteiger partial charge in [-0.05, 0) is 38.5 Å². The molecule has 0 aliphatic heterocycles. The van der Waals surface area contributed by atoms with E-state index < -0.39 is 8.46 Å². The van der Waals surface area contributed by atoms with Crippen LogP contribution in [0.5, 0.6) is 0 Å². The molecule has 4 heteroatoms. The Morgan fingerprint density at radius 2 is 1.43 bits per heavy atom. The molecule has 0 unspecified atom stereocenters. The molecule has 0 atom stereocenters. The van der Waals surface area contributed by atoms with Gasteiger partial charge < -0.3 is 4.74 Å². The molecule has 0 bridgehead atoms. The van der Waals surface area contributed by atoms with Crippen LogP contribution in [0.15, 0.2) is 60.7 Å². The zero-order valence-electron chi connectivity index (χ0n) is 12.2. The second-order valence-corrected chi connectivity index (χ2v) is 13.6. The van der Waals surface area contributed by atoms with Crippen molar-refractivity contribution in [3.05, 3.63) is 71.8 Å². The predicted molar refractivity (Wildman–Crippen MR) is 94.1 cm³/mol. The van der Waals surface area contributed by atoms with Crippen LogP contribution in [-0.2, 0) is 9.53 Å². The van der Waals surface area contributed by atoms with Crippen molar-refractivity contribution in [3.8, 4) is 0 Å². The van der Waals surface area contributed by atoms with Crippen molar-refractivity contribution in [2.45, 2.75) is 6.10 Å². The van der Waals surface area contributed by atoms with Crippen LogP contribution in [-0.4, -0.2) is 24.2 Å². The van der Waals surface area contributed by atoms with E-state index in [1.807, 2.05) is 73.2 Å². The predicted octanol–water partition coefficient (Wildman–Crippen LogP) is 4.69. The van der Waals surface area contributed by atoms with Gasteiger partial charge in [0.2, 0.25) is 0 Å². The average Bonchev–Trinajstić information content (AvgIpc) is 2.45. The summed E-state index contributed by atoms with van der Waals surface area (Å²) < 4.78 is 5.75. The molecule has 0 saturated carbocycles. The van der Waals surface area contributed by atoms with E-state index in [0.717, 1.165) is 11.1 Å². The first-order chi connectivity index (χ1) is 9.96. The largest absolute Gasteiger partial charge is 0.452 e. The number of halogens is 1. The van der Waals surface area contributed by atoms with Crippen molar-refractivity contribution in [1.82, 2.24) is 0 Å². The highest BCUT2D eigenvalue weighted by atomic mass is 79.9. The molecule has 0 saturated heterocycles. The third-order valence-electron chi connectivity index (χ3n) is 2.92. The smallest absolute Gasteiger partial charge is 0.316 e. The molecule has 2 rings (SSSR count). The fraction of sp³-hybridized carbons (Fsp3) is 0.235. The summed E-state index contributed by atoms with van der Waals surface area (Å²) in [5.74, 6) is 0.230. The van der Waals surface area contributed by atoms with E-state index in [1.54, 1.807) is 0 Å². The van der Waals surface area contributed by atoms with Gasteiger partial charge in [-0.25, -0.2) is 0 Å². The van der Waals surface area contributed by atoms with E-state index in [1.165, 1.54) is 0 Å². The second kappa shape index (κ2) is 7.14. The van der Waals surface area contributed by atoms with Crippen LogP contribution >= 0.6 is 23.3 Å². The molecule has 0 heterocycles. The highest BCUT2D eigenvalue weighted by Crippen LogP contribution is 2.48. The van der Waals surface area contributed by atoms with Crippen molar-refractivity contribution in [3.63, 3.8) is 0 Å². The molecule has 0 radical (unpaired) electrons. The monoisotopic (exact) mass is 366 g/mol. The molecule has 2 aromatic rings. The van der Waals surface area contributed by atoms with Crippen LogP contribution in [0.1, 0.15) is 17.2 Å². The van der Waals surface area contributed by atoms with Crippen LogP contribution in [0.4, 0.5) is 0 Å². The van der Waals surface area contributed by atoms with Gasteiger partial charge in [0.1, 0.15) is 0 Å². The zero-order chi connectivity index (χ0) is 15.3. The summed E-state index contributed by atoms with van der Waals surface area (Å²) in [6.07, 6.45) is 3.72. The topological polar surface area (TPSA) is 26.3 Å². The molecule has 0 aliphatic carbocycles. The third-order valence-corrected chi connectivity index (χ3v) is 4.52. The molecule has 2 nitrogen and oxygen atoms in total. The third kappa shape index (κ3) is 5.21. The Bertz CT molecular complexity index is 539.